The Kier molecular flexibility index (Phi) is 4.72. The molecule has 1 aromatic heterocycles. The van der Waals surface area contributed by atoms with Crippen molar-refractivity contribution < 1.29 is 4.74 Å². The third-order valence-corrected chi connectivity index (χ3v) is 3.71. The Hall–Kier alpha value is 0.250. The smallest absolute Gasteiger partial charge is 0.175 e. The number of halogens is 1. The molecule has 0 saturated heterocycles. The van der Waals surface area contributed by atoms with Crippen molar-refractivity contribution in [3.05, 3.63) is 8.84 Å². The number of rotatable bonds is 5. The van der Waals surface area contributed by atoms with Crippen LogP contribution in [0.15, 0.2) is 0 Å². The Morgan fingerprint density at radius 2 is 2.00 bits per heavy atom. The maximum Gasteiger partial charge on any atom is 0.175 e. The fraction of sp³-hybridized carbons (Fsp3) is 0.778. The van der Waals surface area contributed by atoms with E-state index in [0.29, 0.717) is 6.61 Å². The van der Waals surface area contributed by atoms with Crippen LogP contribution in [0.3, 0.4) is 0 Å². The Bertz CT molecular complexity index is 286. The molecule has 1 heterocycles. The fourth-order valence-electron chi connectivity index (χ4n) is 1.50. The molecule has 0 radical (unpaired) electrons. The third kappa shape index (κ3) is 2.43. The maximum absolute atomic E-state index is 5.81. The first-order valence-corrected chi connectivity index (χ1v) is 6.67. The number of ether oxygens (including phenoxy) is 1. The minimum Gasteiger partial charge on any atom is -0.367 e. The average molecular weight is 326 g/mol. The van der Waals surface area contributed by atoms with E-state index in [4.69, 9.17) is 4.74 Å². The number of aromatic nitrogens is 2. The van der Waals surface area contributed by atoms with Crippen molar-refractivity contribution in [1.29, 1.82) is 0 Å². The van der Waals surface area contributed by atoms with Gasteiger partial charge in [-0.3, -0.25) is 0 Å². The van der Waals surface area contributed by atoms with E-state index in [1.807, 2.05) is 6.92 Å². The highest BCUT2D eigenvalue weighted by molar-refractivity contribution is 14.1. The lowest BCUT2D eigenvalue weighted by Crippen LogP contribution is -2.29. The SMILES string of the molecule is CCOC(CC)(CC)c1nsc(I)n1. The van der Waals surface area contributed by atoms with Crippen LogP contribution in [0.2, 0.25) is 0 Å². The van der Waals surface area contributed by atoms with Crippen LogP contribution in [-0.4, -0.2) is 16.0 Å². The van der Waals surface area contributed by atoms with Crippen LogP contribution in [0.5, 0.6) is 0 Å². The highest BCUT2D eigenvalue weighted by Gasteiger charge is 2.33. The predicted molar refractivity (Wildman–Crippen MR) is 66.5 cm³/mol. The average Bonchev–Trinajstić information content (AvgIpc) is 2.62. The molecule has 0 aliphatic carbocycles. The lowest BCUT2D eigenvalue weighted by Gasteiger charge is -2.28. The standard InChI is InChI=1S/C9H15IN2OS/c1-4-9(5-2,13-6-3)7-11-8(10)14-12-7/h4-6H2,1-3H3. The molecule has 0 spiro atoms. The van der Waals surface area contributed by atoms with Gasteiger partial charge in [-0.1, -0.05) is 13.8 Å². The van der Waals surface area contributed by atoms with E-state index in [2.05, 4.69) is 45.8 Å². The minimum absolute atomic E-state index is 0.269. The summed E-state index contributed by atoms with van der Waals surface area (Å²) < 4.78 is 11.1. The molecule has 0 bridgehead atoms. The summed E-state index contributed by atoms with van der Waals surface area (Å²) in [6.07, 6.45) is 1.84. The second-order valence-corrected chi connectivity index (χ2v) is 5.51. The van der Waals surface area contributed by atoms with Crippen molar-refractivity contribution in [3.8, 4) is 0 Å². The molecule has 1 rings (SSSR count). The summed E-state index contributed by atoms with van der Waals surface area (Å²) in [6, 6.07) is 0. The summed E-state index contributed by atoms with van der Waals surface area (Å²) in [5.74, 6) is 0.846. The number of hydrogen-bond donors (Lipinski definition) is 0. The van der Waals surface area contributed by atoms with Crippen LogP contribution in [0, 0.1) is 3.01 Å². The molecule has 0 aliphatic rings. The first-order valence-electron chi connectivity index (χ1n) is 4.82. The molecule has 0 saturated carbocycles. The van der Waals surface area contributed by atoms with Crippen LogP contribution >= 0.6 is 34.1 Å². The van der Waals surface area contributed by atoms with E-state index in [1.165, 1.54) is 11.5 Å². The van der Waals surface area contributed by atoms with Gasteiger partial charge >= 0.3 is 0 Å². The predicted octanol–water partition coefficient (Wildman–Crippen LogP) is 3.19. The normalized spacial score (nSPS) is 12.0. The van der Waals surface area contributed by atoms with Gasteiger partial charge in [0.2, 0.25) is 0 Å². The van der Waals surface area contributed by atoms with Crippen LogP contribution in [0.1, 0.15) is 39.4 Å². The van der Waals surface area contributed by atoms with E-state index in [9.17, 15) is 0 Å². The van der Waals surface area contributed by atoms with E-state index in [-0.39, 0.29) is 5.60 Å². The van der Waals surface area contributed by atoms with Gasteiger partial charge in [-0.2, -0.15) is 4.37 Å². The molecule has 80 valence electrons. The zero-order valence-electron chi connectivity index (χ0n) is 8.71. The van der Waals surface area contributed by atoms with Gasteiger partial charge < -0.3 is 4.74 Å². The summed E-state index contributed by atoms with van der Waals surface area (Å²) in [5, 5.41) is 0. The molecule has 0 N–H and O–H groups in total. The van der Waals surface area contributed by atoms with Gasteiger partial charge in [-0.15, -0.1) is 0 Å². The number of hydrogen-bond acceptors (Lipinski definition) is 4. The fourth-order valence-corrected chi connectivity index (χ4v) is 2.52. The largest absolute Gasteiger partial charge is 0.367 e. The molecule has 5 heteroatoms. The molecule has 3 nitrogen and oxygen atoms in total. The molecular weight excluding hydrogens is 311 g/mol. The van der Waals surface area contributed by atoms with Crippen LogP contribution < -0.4 is 0 Å². The van der Waals surface area contributed by atoms with Gasteiger partial charge in [0.1, 0.15) is 5.60 Å². The molecule has 0 amide bonds. The van der Waals surface area contributed by atoms with Crippen molar-refractivity contribution in [1.82, 2.24) is 9.36 Å². The third-order valence-electron chi connectivity index (χ3n) is 2.37. The summed E-state index contributed by atoms with van der Waals surface area (Å²) in [4.78, 5) is 4.41. The molecule has 0 aromatic carbocycles. The van der Waals surface area contributed by atoms with Crippen molar-refractivity contribution in [2.24, 2.45) is 0 Å². The maximum atomic E-state index is 5.81. The van der Waals surface area contributed by atoms with E-state index < -0.39 is 0 Å². The topological polar surface area (TPSA) is 35.0 Å². The van der Waals surface area contributed by atoms with E-state index >= 15 is 0 Å². The lowest BCUT2D eigenvalue weighted by atomic mass is 9.96. The summed E-state index contributed by atoms with van der Waals surface area (Å²) in [5.41, 5.74) is -0.269. The Balaban J connectivity index is 2.97. The Morgan fingerprint density at radius 3 is 2.36 bits per heavy atom. The zero-order valence-corrected chi connectivity index (χ0v) is 11.7. The van der Waals surface area contributed by atoms with Gasteiger partial charge in [0.25, 0.3) is 0 Å². The van der Waals surface area contributed by atoms with Crippen LogP contribution in [0.25, 0.3) is 0 Å². The van der Waals surface area contributed by atoms with Gasteiger partial charge in [-0.25, -0.2) is 4.98 Å². The second-order valence-electron chi connectivity index (χ2n) is 3.01. The van der Waals surface area contributed by atoms with Crippen molar-refractivity contribution in [3.63, 3.8) is 0 Å². The van der Waals surface area contributed by atoms with Gasteiger partial charge in [0.15, 0.2) is 8.84 Å². The quantitative estimate of drug-likeness (QED) is 0.780. The van der Waals surface area contributed by atoms with Gasteiger partial charge in [-0.05, 0) is 53.9 Å². The summed E-state index contributed by atoms with van der Waals surface area (Å²) >= 11 is 3.62. The molecule has 0 atom stereocenters. The molecule has 0 fully saturated rings. The van der Waals surface area contributed by atoms with Crippen molar-refractivity contribution in [2.75, 3.05) is 6.61 Å². The van der Waals surface area contributed by atoms with Crippen molar-refractivity contribution in [2.45, 2.75) is 39.2 Å². The van der Waals surface area contributed by atoms with E-state index in [1.54, 1.807) is 0 Å². The second kappa shape index (κ2) is 5.37. The molecular formula is C9H15IN2OS. The monoisotopic (exact) mass is 326 g/mol. The van der Waals surface area contributed by atoms with Crippen molar-refractivity contribution >= 4 is 34.1 Å². The molecule has 14 heavy (non-hydrogen) atoms. The lowest BCUT2D eigenvalue weighted by molar-refractivity contribution is -0.0564. The summed E-state index contributed by atoms with van der Waals surface area (Å²) in [6.45, 7) is 6.95. The molecule has 0 aliphatic heterocycles. The highest BCUT2D eigenvalue weighted by Crippen LogP contribution is 2.31. The van der Waals surface area contributed by atoms with Crippen LogP contribution in [0.4, 0.5) is 0 Å². The first-order chi connectivity index (χ1) is 6.68. The van der Waals surface area contributed by atoms with Gasteiger partial charge in [0.05, 0.1) is 0 Å². The Morgan fingerprint density at radius 1 is 1.36 bits per heavy atom. The number of nitrogens with zero attached hydrogens (tertiary/aromatic N) is 2. The summed E-state index contributed by atoms with van der Waals surface area (Å²) in [7, 11) is 0. The van der Waals surface area contributed by atoms with E-state index in [0.717, 1.165) is 21.7 Å². The molecule has 1 aromatic rings. The van der Waals surface area contributed by atoms with Crippen LogP contribution in [-0.2, 0) is 10.3 Å². The minimum atomic E-state index is -0.269. The first kappa shape index (κ1) is 12.3. The zero-order chi connectivity index (χ0) is 10.6. The molecule has 0 unspecified atom stereocenters. The Labute approximate surface area is 103 Å². The highest BCUT2D eigenvalue weighted by atomic mass is 127. The van der Waals surface area contributed by atoms with Gasteiger partial charge in [0, 0.05) is 6.61 Å².